The highest BCUT2D eigenvalue weighted by Crippen LogP contribution is 2.29. The van der Waals surface area contributed by atoms with Gasteiger partial charge in [-0.1, -0.05) is 32.3 Å². The van der Waals surface area contributed by atoms with Gasteiger partial charge in [0.15, 0.2) is 0 Å². The molecule has 0 aliphatic heterocycles. The first-order valence-corrected chi connectivity index (χ1v) is 4.47. The molecule has 1 rings (SSSR count). The Labute approximate surface area is 64.3 Å². The number of rotatable bonds is 2. The van der Waals surface area contributed by atoms with E-state index in [0.29, 0.717) is 0 Å². The van der Waals surface area contributed by atoms with Crippen molar-refractivity contribution in [3.63, 3.8) is 0 Å². The molecule has 0 aromatic rings. The van der Waals surface area contributed by atoms with Gasteiger partial charge in [-0.3, -0.25) is 0 Å². The molecule has 58 valence electrons. The number of hydrogen-bond acceptors (Lipinski definition) is 0. The van der Waals surface area contributed by atoms with E-state index < -0.39 is 0 Å². The maximum Gasteiger partial charge on any atom is -0.0236 e. The first kappa shape index (κ1) is 7.84. The summed E-state index contributed by atoms with van der Waals surface area (Å²) in [6.45, 7) is 6.13. The molecule has 0 spiro atoms. The Morgan fingerprint density at radius 1 is 1.30 bits per heavy atom. The van der Waals surface area contributed by atoms with Crippen LogP contribution in [-0.4, -0.2) is 0 Å². The predicted octanol–water partition coefficient (Wildman–Crippen LogP) is 3.39. The predicted molar refractivity (Wildman–Crippen MR) is 45.9 cm³/mol. The third-order valence-electron chi connectivity index (χ3n) is 2.77. The van der Waals surface area contributed by atoms with E-state index in [1.807, 2.05) is 0 Å². The molecule has 0 heterocycles. The van der Waals surface area contributed by atoms with E-state index in [9.17, 15) is 0 Å². The van der Waals surface area contributed by atoms with Crippen LogP contribution >= 0.6 is 0 Å². The summed E-state index contributed by atoms with van der Waals surface area (Å²) in [6.07, 6.45) is 9.34. The molecule has 0 unspecified atom stereocenters. The molecular formula is C10H18. The second kappa shape index (κ2) is 3.80. The van der Waals surface area contributed by atoms with E-state index in [0.717, 1.165) is 11.8 Å². The molecule has 0 aromatic heterocycles. The Morgan fingerprint density at radius 3 is 2.40 bits per heavy atom. The van der Waals surface area contributed by atoms with E-state index in [4.69, 9.17) is 0 Å². The molecule has 0 nitrogen and oxygen atoms in total. The molecule has 0 saturated heterocycles. The average molecular weight is 138 g/mol. The summed E-state index contributed by atoms with van der Waals surface area (Å²) in [4.78, 5) is 0. The lowest BCUT2D eigenvalue weighted by atomic mass is 9.81. The second-order valence-corrected chi connectivity index (χ2v) is 3.49. The SMILES string of the molecule is C=C[C@H](C)C1CCCCC1. The summed E-state index contributed by atoms with van der Waals surface area (Å²) >= 11 is 0. The zero-order valence-corrected chi connectivity index (χ0v) is 6.97. The lowest BCUT2D eigenvalue weighted by Gasteiger charge is -2.25. The van der Waals surface area contributed by atoms with Crippen LogP contribution in [0.5, 0.6) is 0 Å². The average Bonchev–Trinajstić information content (AvgIpc) is 2.05. The molecule has 1 atom stereocenters. The largest absolute Gasteiger partial charge is 0.103 e. The highest BCUT2D eigenvalue weighted by atomic mass is 14.2. The van der Waals surface area contributed by atoms with Crippen LogP contribution in [0.15, 0.2) is 12.7 Å². The summed E-state index contributed by atoms with van der Waals surface area (Å²) in [5.74, 6) is 1.70. The summed E-state index contributed by atoms with van der Waals surface area (Å²) in [6, 6.07) is 0. The van der Waals surface area contributed by atoms with Crippen LogP contribution in [0, 0.1) is 11.8 Å². The molecule has 0 aromatic carbocycles. The van der Waals surface area contributed by atoms with Gasteiger partial charge in [0.2, 0.25) is 0 Å². The van der Waals surface area contributed by atoms with Crippen molar-refractivity contribution >= 4 is 0 Å². The van der Waals surface area contributed by atoms with E-state index in [2.05, 4.69) is 19.6 Å². The molecule has 0 N–H and O–H groups in total. The van der Waals surface area contributed by atoms with Crippen LogP contribution < -0.4 is 0 Å². The Kier molecular flexibility index (Phi) is 2.98. The standard InChI is InChI=1S/C10H18/c1-3-9(2)10-7-5-4-6-8-10/h3,9-10H,1,4-8H2,2H3/t9-/m0/s1. The van der Waals surface area contributed by atoms with Crippen molar-refractivity contribution < 1.29 is 0 Å². The van der Waals surface area contributed by atoms with E-state index in [1.54, 1.807) is 0 Å². The van der Waals surface area contributed by atoms with E-state index in [1.165, 1.54) is 32.1 Å². The molecule has 0 heteroatoms. The molecule has 1 fully saturated rings. The fourth-order valence-corrected chi connectivity index (χ4v) is 1.85. The lowest BCUT2D eigenvalue weighted by molar-refractivity contribution is 0.300. The molecule has 1 aliphatic carbocycles. The molecular weight excluding hydrogens is 120 g/mol. The van der Waals surface area contributed by atoms with Crippen LogP contribution in [0.3, 0.4) is 0 Å². The van der Waals surface area contributed by atoms with Crippen molar-refractivity contribution in [3.05, 3.63) is 12.7 Å². The third-order valence-corrected chi connectivity index (χ3v) is 2.77. The van der Waals surface area contributed by atoms with Gasteiger partial charge in [0.1, 0.15) is 0 Å². The Bertz CT molecular complexity index is 98.6. The van der Waals surface area contributed by atoms with E-state index >= 15 is 0 Å². The van der Waals surface area contributed by atoms with Gasteiger partial charge in [0.05, 0.1) is 0 Å². The van der Waals surface area contributed by atoms with Gasteiger partial charge in [-0.05, 0) is 24.7 Å². The second-order valence-electron chi connectivity index (χ2n) is 3.49. The van der Waals surface area contributed by atoms with Crippen LogP contribution in [-0.2, 0) is 0 Å². The zero-order valence-electron chi connectivity index (χ0n) is 6.97. The molecule has 10 heavy (non-hydrogen) atoms. The highest BCUT2D eigenvalue weighted by molar-refractivity contribution is 4.82. The first-order valence-electron chi connectivity index (χ1n) is 4.47. The first-order chi connectivity index (χ1) is 4.84. The third kappa shape index (κ3) is 1.86. The lowest BCUT2D eigenvalue weighted by Crippen LogP contribution is -2.12. The Morgan fingerprint density at radius 2 is 1.90 bits per heavy atom. The van der Waals surface area contributed by atoms with Crippen molar-refractivity contribution in [2.24, 2.45) is 11.8 Å². The monoisotopic (exact) mass is 138 g/mol. The fraction of sp³-hybridized carbons (Fsp3) is 0.800. The molecule has 0 amide bonds. The minimum atomic E-state index is 0.750. The van der Waals surface area contributed by atoms with Crippen LogP contribution in [0.2, 0.25) is 0 Å². The van der Waals surface area contributed by atoms with Crippen molar-refractivity contribution in [2.45, 2.75) is 39.0 Å². The fourth-order valence-electron chi connectivity index (χ4n) is 1.85. The van der Waals surface area contributed by atoms with Gasteiger partial charge in [0.25, 0.3) is 0 Å². The molecule has 0 bridgehead atoms. The summed E-state index contributed by atoms with van der Waals surface area (Å²) < 4.78 is 0. The van der Waals surface area contributed by atoms with Gasteiger partial charge in [-0.25, -0.2) is 0 Å². The number of allylic oxidation sites excluding steroid dienone is 1. The van der Waals surface area contributed by atoms with Crippen molar-refractivity contribution in [3.8, 4) is 0 Å². The van der Waals surface area contributed by atoms with Gasteiger partial charge in [-0.2, -0.15) is 0 Å². The topological polar surface area (TPSA) is 0 Å². The Balaban J connectivity index is 2.30. The normalized spacial score (nSPS) is 24.1. The van der Waals surface area contributed by atoms with Gasteiger partial charge >= 0.3 is 0 Å². The van der Waals surface area contributed by atoms with Crippen LogP contribution in [0.1, 0.15) is 39.0 Å². The summed E-state index contributed by atoms with van der Waals surface area (Å²) in [5.41, 5.74) is 0. The molecule has 0 radical (unpaired) electrons. The van der Waals surface area contributed by atoms with Gasteiger partial charge in [-0.15, -0.1) is 6.58 Å². The molecule has 1 saturated carbocycles. The minimum absolute atomic E-state index is 0.750. The van der Waals surface area contributed by atoms with Crippen LogP contribution in [0.4, 0.5) is 0 Å². The van der Waals surface area contributed by atoms with Crippen molar-refractivity contribution in [2.75, 3.05) is 0 Å². The quantitative estimate of drug-likeness (QED) is 0.513. The highest BCUT2D eigenvalue weighted by Gasteiger charge is 2.16. The molecule has 1 aliphatic rings. The summed E-state index contributed by atoms with van der Waals surface area (Å²) in [5, 5.41) is 0. The van der Waals surface area contributed by atoms with Gasteiger partial charge in [0, 0.05) is 0 Å². The van der Waals surface area contributed by atoms with Crippen molar-refractivity contribution in [1.82, 2.24) is 0 Å². The maximum absolute atomic E-state index is 3.84. The van der Waals surface area contributed by atoms with Crippen LogP contribution in [0.25, 0.3) is 0 Å². The summed E-state index contributed by atoms with van der Waals surface area (Å²) in [7, 11) is 0. The Hall–Kier alpha value is -0.260. The van der Waals surface area contributed by atoms with Gasteiger partial charge < -0.3 is 0 Å². The maximum atomic E-state index is 3.84. The smallest absolute Gasteiger partial charge is 0.0236 e. The zero-order chi connectivity index (χ0) is 7.40. The number of hydrogen-bond donors (Lipinski definition) is 0. The minimum Gasteiger partial charge on any atom is -0.103 e. The van der Waals surface area contributed by atoms with Crippen molar-refractivity contribution in [1.29, 1.82) is 0 Å². The van der Waals surface area contributed by atoms with E-state index in [-0.39, 0.29) is 0 Å².